The molecule has 6 nitrogen and oxygen atoms in total. The Labute approximate surface area is 164 Å². The topological polar surface area (TPSA) is 101 Å². The molecule has 1 aliphatic heterocycles. The Morgan fingerprint density at radius 2 is 2.27 bits per heavy atom. The normalized spacial score (nSPS) is 22.0. The predicted molar refractivity (Wildman–Crippen MR) is 107 cm³/mol. The van der Waals surface area contributed by atoms with Gasteiger partial charge in [-0.15, -0.1) is 11.3 Å². The van der Waals surface area contributed by atoms with E-state index in [-0.39, 0.29) is 17.8 Å². The number of halogens is 1. The molecule has 3 heterocycles. The molecule has 0 aliphatic carbocycles. The van der Waals surface area contributed by atoms with Crippen LogP contribution in [0.25, 0.3) is 0 Å². The van der Waals surface area contributed by atoms with E-state index < -0.39 is 15.9 Å². The summed E-state index contributed by atoms with van der Waals surface area (Å²) in [5, 5.41) is 14.4. The van der Waals surface area contributed by atoms with Gasteiger partial charge in [-0.2, -0.15) is 0 Å². The Morgan fingerprint density at radius 1 is 1.54 bits per heavy atom. The largest absolute Gasteiger partial charge is 0.616 e. The second-order valence-electron chi connectivity index (χ2n) is 6.54. The van der Waals surface area contributed by atoms with E-state index in [1.807, 2.05) is 19.1 Å². The van der Waals surface area contributed by atoms with Crippen LogP contribution in [0.4, 0.5) is 5.82 Å². The van der Waals surface area contributed by atoms with Crippen LogP contribution in [0.3, 0.4) is 0 Å². The highest BCUT2D eigenvalue weighted by molar-refractivity contribution is 7.93. The number of aromatic nitrogens is 1. The first kappa shape index (κ1) is 19.2. The van der Waals surface area contributed by atoms with Crippen molar-refractivity contribution in [1.29, 1.82) is 5.41 Å². The summed E-state index contributed by atoms with van der Waals surface area (Å²) in [4.78, 5) is 17.9. The van der Waals surface area contributed by atoms with E-state index in [2.05, 4.69) is 15.6 Å². The molecule has 2 unspecified atom stereocenters. The molecule has 2 aromatic rings. The van der Waals surface area contributed by atoms with Gasteiger partial charge in [-0.1, -0.05) is 17.7 Å². The van der Waals surface area contributed by atoms with Crippen molar-refractivity contribution in [3.63, 3.8) is 0 Å². The number of hydrogen-bond donors (Lipinski definition) is 3. The van der Waals surface area contributed by atoms with Gasteiger partial charge >= 0.3 is 0 Å². The first-order valence-corrected chi connectivity index (χ1v) is 10.5. The lowest BCUT2D eigenvalue weighted by atomic mass is 10.1. The Morgan fingerprint density at radius 3 is 2.92 bits per heavy atom. The summed E-state index contributed by atoms with van der Waals surface area (Å²) in [5.74, 6) is 0.734. The molecule has 0 bridgehead atoms. The van der Waals surface area contributed by atoms with Gasteiger partial charge in [-0.3, -0.25) is 10.2 Å². The molecule has 3 N–H and O–H groups in total. The van der Waals surface area contributed by atoms with Crippen LogP contribution >= 0.6 is 22.9 Å². The first-order chi connectivity index (χ1) is 12.2. The van der Waals surface area contributed by atoms with Crippen LogP contribution in [-0.4, -0.2) is 31.8 Å². The number of amides is 1. The highest BCUT2D eigenvalue weighted by atomic mass is 35.5. The minimum Gasteiger partial charge on any atom is -0.616 e. The standard InChI is InChI=1S/C17H19ClN4O2S2/c1-9-5-4-6-13(20-9)22-15(23)12-7-10(18)14(25-12)11-8-26(24)17(2,3)16(19)21-11/h4-7,11H,8H2,1-3H3,(H2,19,21)(H,20,22,23). The minimum atomic E-state index is -1.20. The zero-order chi connectivity index (χ0) is 19.1. The molecular weight excluding hydrogens is 392 g/mol. The van der Waals surface area contributed by atoms with E-state index in [1.54, 1.807) is 26.0 Å². The summed E-state index contributed by atoms with van der Waals surface area (Å²) in [6.07, 6.45) is 0. The second kappa shape index (κ2) is 7.19. The average Bonchev–Trinajstić information content (AvgIpc) is 2.95. The van der Waals surface area contributed by atoms with Gasteiger partial charge in [-0.05, 0) is 50.1 Å². The summed E-state index contributed by atoms with van der Waals surface area (Å²) in [6.45, 7) is 5.40. The number of carbonyl (C=O) groups excluding carboxylic acids is 1. The quantitative estimate of drug-likeness (QED) is 0.674. The Hall–Kier alpha value is -1.61. The molecule has 1 saturated heterocycles. The maximum Gasteiger partial charge on any atom is 0.266 e. The number of thiophene rings is 1. The Kier molecular flexibility index (Phi) is 5.30. The van der Waals surface area contributed by atoms with Gasteiger partial charge in [-0.25, -0.2) is 4.98 Å². The molecule has 9 heteroatoms. The van der Waals surface area contributed by atoms with Crippen molar-refractivity contribution >= 4 is 51.7 Å². The van der Waals surface area contributed by atoms with Crippen molar-refractivity contribution in [2.24, 2.45) is 0 Å². The SMILES string of the molecule is Cc1cccc(NC(=O)c2cc(Cl)c(C3C[S+]([O-])C(C)(C)C(=N)N3)s2)n1. The van der Waals surface area contributed by atoms with Gasteiger partial charge < -0.3 is 15.2 Å². The number of nitrogens with one attached hydrogen (secondary N) is 3. The lowest BCUT2D eigenvalue weighted by Gasteiger charge is -2.38. The van der Waals surface area contributed by atoms with Crippen molar-refractivity contribution in [3.05, 3.63) is 44.7 Å². The van der Waals surface area contributed by atoms with Crippen LogP contribution in [0.15, 0.2) is 24.3 Å². The van der Waals surface area contributed by atoms with Gasteiger partial charge in [0, 0.05) is 5.69 Å². The summed E-state index contributed by atoms with van der Waals surface area (Å²) in [7, 11) is 0. The van der Waals surface area contributed by atoms with Gasteiger partial charge in [0.25, 0.3) is 5.91 Å². The zero-order valence-electron chi connectivity index (χ0n) is 14.6. The molecule has 0 spiro atoms. The van der Waals surface area contributed by atoms with E-state index in [1.165, 1.54) is 11.3 Å². The molecule has 1 aliphatic rings. The molecule has 0 radical (unpaired) electrons. The average molecular weight is 411 g/mol. The number of carbonyl (C=O) groups is 1. The van der Waals surface area contributed by atoms with Crippen molar-refractivity contribution in [3.8, 4) is 0 Å². The number of amidine groups is 1. The van der Waals surface area contributed by atoms with Gasteiger partial charge in [0.2, 0.25) is 0 Å². The van der Waals surface area contributed by atoms with E-state index >= 15 is 0 Å². The van der Waals surface area contributed by atoms with Gasteiger partial charge in [0.05, 0.1) is 14.8 Å². The minimum absolute atomic E-state index is 0.214. The van der Waals surface area contributed by atoms with Crippen LogP contribution in [0, 0.1) is 12.3 Å². The first-order valence-electron chi connectivity index (χ1n) is 7.96. The van der Waals surface area contributed by atoms with E-state index in [4.69, 9.17) is 17.0 Å². The van der Waals surface area contributed by atoms with Crippen molar-refractivity contribution < 1.29 is 9.35 Å². The van der Waals surface area contributed by atoms with E-state index in [9.17, 15) is 9.35 Å². The van der Waals surface area contributed by atoms with Crippen molar-refractivity contribution in [2.75, 3.05) is 11.1 Å². The van der Waals surface area contributed by atoms with Crippen LogP contribution in [0.5, 0.6) is 0 Å². The highest BCUT2D eigenvalue weighted by Gasteiger charge is 2.45. The Balaban J connectivity index is 1.79. The number of rotatable bonds is 3. The molecule has 1 amide bonds. The smallest absolute Gasteiger partial charge is 0.266 e. The maximum absolute atomic E-state index is 12.5. The zero-order valence-corrected chi connectivity index (χ0v) is 16.9. The summed E-state index contributed by atoms with van der Waals surface area (Å²) < 4.78 is 11.7. The number of anilines is 1. The number of hydrogen-bond acceptors (Lipinski definition) is 5. The summed E-state index contributed by atoms with van der Waals surface area (Å²) in [5.41, 5.74) is 0.808. The second-order valence-corrected chi connectivity index (χ2v) is 10.1. The third-order valence-electron chi connectivity index (χ3n) is 4.19. The highest BCUT2D eigenvalue weighted by Crippen LogP contribution is 2.37. The number of nitrogens with zero attached hydrogens (tertiary/aromatic N) is 1. The van der Waals surface area contributed by atoms with E-state index in [0.717, 1.165) is 5.69 Å². The third kappa shape index (κ3) is 3.73. The van der Waals surface area contributed by atoms with Crippen LogP contribution in [0.2, 0.25) is 5.02 Å². The molecule has 2 aromatic heterocycles. The van der Waals surface area contributed by atoms with Crippen LogP contribution in [-0.2, 0) is 11.2 Å². The number of pyridine rings is 1. The molecule has 3 rings (SSSR count). The number of aryl methyl sites for hydroxylation is 1. The fourth-order valence-corrected chi connectivity index (χ4v) is 5.31. The summed E-state index contributed by atoms with van der Waals surface area (Å²) in [6, 6.07) is 6.64. The van der Waals surface area contributed by atoms with Gasteiger partial charge in [0.15, 0.2) is 10.6 Å². The fraction of sp³-hybridized carbons (Fsp3) is 0.353. The lowest BCUT2D eigenvalue weighted by molar-refractivity contribution is 0.103. The monoisotopic (exact) mass is 410 g/mol. The molecule has 26 heavy (non-hydrogen) atoms. The molecule has 0 saturated carbocycles. The van der Waals surface area contributed by atoms with E-state index in [0.29, 0.717) is 26.3 Å². The third-order valence-corrected chi connectivity index (χ3v) is 7.84. The lowest BCUT2D eigenvalue weighted by Crippen LogP contribution is -2.56. The van der Waals surface area contributed by atoms with Crippen LogP contribution < -0.4 is 10.6 Å². The molecular formula is C17H19ClN4O2S2. The fourth-order valence-electron chi connectivity index (χ4n) is 2.53. The molecule has 138 valence electrons. The van der Waals surface area contributed by atoms with Gasteiger partial charge in [0.1, 0.15) is 17.6 Å². The predicted octanol–water partition coefficient (Wildman–Crippen LogP) is 3.51. The molecule has 2 atom stereocenters. The molecule has 1 fully saturated rings. The van der Waals surface area contributed by atoms with Crippen molar-refractivity contribution in [1.82, 2.24) is 10.3 Å². The van der Waals surface area contributed by atoms with Crippen LogP contribution in [0.1, 0.15) is 40.1 Å². The summed E-state index contributed by atoms with van der Waals surface area (Å²) >= 11 is 6.35. The Bertz CT molecular complexity index is 868. The molecule has 0 aromatic carbocycles. The maximum atomic E-state index is 12.5. The van der Waals surface area contributed by atoms with Crippen molar-refractivity contribution in [2.45, 2.75) is 31.6 Å².